The van der Waals surface area contributed by atoms with Crippen molar-refractivity contribution in [1.29, 1.82) is 0 Å². The molecule has 10 aromatic rings. The van der Waals surface area contributed by atoms with Gasteiger partial charge in [-0.15, -0.1) is 0 Å². The summed E-state index contributed by atoms with van der Waals surface area (Å²) in [6.45, 7) is 0. The van der Waals surface area contributed by atoms with E-state index in [0.717, 1.165) is 61.4 Å². The summed E-state index contributed by atoms with van der Waals surface area (Å²) in [5.74, 6) is 1.74. The lowest BCUT2D eigenvalue weighted by Gasteiger charge is -2.05. The molecule has 0 amide bonds. The van der Waals surface area contributed by atoms with Gasteiger partial charge in [0, 0.05) is 11.8 Å². The van der Waals surface area contributed by atoms with E-state index in [-0.39, 0.29) is 0 Å². The number of nitrogens with zero attached hydrogens (tertiary/aromatic N) is 6. The molecular formula is C33H18N6. The monoisotopic (exact) mass is 498 g/mol. The Bertz CT molecular complexity index is 2440. The van der Waals surface area contributed by atoms with Crippen LogP contribution in [0.3, 0.4) is 0 Å². The molecule has 0 aliphatic rings. The lowest BCUT2D eigenvalue weighted by molar-refractivity contribution is 1.15. The molecule has 0 unspecified atom stereocenters. The van der Waals surface area contributed by atoms with E-state index in [1.807, 2.05) is 18.3 Å². The average molecular weight is 499 g/mol. The fraction of sp³-hybridized carbons (Fsp3) is 0. The first-order valence-electron chi connectivity index (χ1n) is 13.0. The summed E-state index contributed by atoms with van der Waals surface area (Å²) in [6.07, 6.45) is 1.85. The standard InChI is InChI=1S/C33H18N6/c1-3-9-21-15-27-25(13-19(21)7-1)35-32-37(27)29-17-23(24-11-5-6-12-34-24)18-30-31(29)39(32)33-36-26-14-20-8-2-4-10-22(20)16-28(26)38(30)33/h1-18H. The highest BCUT2D eigenvalue weighted by Gasteiger charge is 2.25. The molecule has 0 saturated heterocycles. The number of rotatable bonds is 1. The second-order valence-electron chi connectivity index (χ2n) is 10.3. The molecule has 0 aliphatic heterocycles. The quantitative estimate of drug-likeness (QED) is 0.235. The summed E-state index contributed by atoms with van der Waals surface area (Å²) >= 11 is 0. The van der Waals surface area contributed by atoms with Gasteiger partial charge in [-0.25, -0.2) is 14.4 Å². The maximum atomic E-state index is 5.19. The van der Waals surface area contributed by atoms with Crippen LogP contribution in [-0.4, -0.2) is 28.2 Å². The third kappa shape index (κ3) is 2.39. The van der Waals surface area contributed by atoms with E-state index in [1.54, 1.807) is 0 Å². The molecule has 0 fully saturated rings. The Labute approximate surface area is 220 Å². The van der Waals surface area contributed by atoms with Crippen LogP contribution in [0.5, 0.6) is 0 Å². The summed E-state index contributed by atoms with van der Waals surface area (Å²) in [6, 6.07) is 36.3. The largest absolute Gasteiger partial charge is 0.276 e. The molecule has 0 saturated carbocycles. The van der Waals surface area contributed by atoms with Crippen LogP contribution in [0.2, 0.25) is 0 Å². The van der Waals surface area contributed by atoms with Gasteiger partial charge in [-0.1, -0.05) is 54.6 Å². The molecule has 5 aromatic carbocycles. The van der Waals surface area contributed by atoms with Gasteiger partial charge in [-0.05, 0) is 70.1 Å². The van der Waals surface area contributed by atoms with Crippen molar-refractivity contribution in [3.63, 3.8) is 0 Å². The molecule has 5 heterocycles. The van der Waals surface area contributed by atoms with Crippen LogP contribution in [0, 0.1) is 0 Å². The molecule has 10 rings (SSSR count). The second-order valence-corrected chi connectivity index (χ2v) is 10.3. The Morgan fingerprint density at radius 3 is 1.49 bits per heavy atom. The molecule has 180 valence electrons. The topological polar surface area (TPSA) is 51.9 Å². The first-order chi connectivity index (χ1) is 19.3. The Morgan fingerprint density at radius 2 is 0.974 bits per heavy atom. The van der Waals surface area contributed by atoms with Gasteiger partial charge >= 0.3 is 0 Å². The third-order valence-electron chi connectivity index (χ3n) is 8.14. The molecule has 6 nitrogen and oxygen atoms in total. The average Bonchev–Trinajstić information content (AvgIpc) is 3.69. The number of imidazole rings is 4. The van der Waals surface area contributed by atoms with Gasteiger partial charge in [0.25, 0.3) is 0 Å². The van der Waals surface area contributed by atoms with Crippen molar-refractivity contribution in [3.8, 4) is 11.3 Å². The molecule has 0 spiro atoms. The molecule has 0 atom stereocenters. The van der Waals surface area contributed by atoms with Crippen LogP contribution in [0.4, 0.5) is 0 Å². The second kappa shape index (κ2) is 6.68. The van der Waals surface area contributed by atoms with Crippen molar-refractivity contribution in [3.05, 3.63) is 109 Å². The van der Waals surface area contributed by atoms with Crippen LogP contribution in [0.15, 0.2) is 109 Å². The predicted molar refractivity (Wildman–Crippen MR) is 157 cm³/mol. The summed E-state index contributed by atoms with van der Waals surface area (Å²) < 4.78 is 6.79. The lowest BCUT2D eigenvalue weighted by Crippen LogP contribution is -1.89. The van der Waals surface area contributed by atoms with Crippen molar-refractivity contribution in [1.82, 2.24) is 28.2 Å². The SMILES string of the molecule is c1ccc(-c2cc3c4c(c2)n2c5cc6ccccc6cc5nc2n4c2nc4cc5ccccc5cc4n32)nc1. The molecule has 0 bridgehead atoms. The van der Waals surface area contributed by atoms with Gasteiger partial charge in [-0.3, -0.25) is 13.8 Å². The fourth-order valence-electron chi connectivity index (χ4n) is 6.42. The highest BCUT2D eigenvalue weighted by Crippen LogP contribution is 2.38. The fourth-order valence-corrected chi connectivity index (χ4v) is 6.42. The van der Waals surface area contributed by atoms with Crippen LogP contribution in [0.1, 0.15) is 0 Å². The molecular weight excluding hydrogens is 480 g/mol. The van der Waals surface area contributed by atoms with Crippen LogP contribution >= 0.6 is 0 Å². The Hall–Kier alpha value is -5.49. The summed E-state index contributed by atoms with van der Waals surface area (Å²) in [7, 11) is 0. The van der Waals surface area contributed by atoms with Gasteiger partial charge in [0.2, 0.25) is 11.6 Å². The smallest absolute Gasteiger partial charge is 0.223 e. The van der Waals surface area contributed by atoms with Crippen LogP contribution < -0.4 is 0 Å². The van der Waals surface area contributed by atoms with Crippen molar-refractivity contribution < 1.29 is 0 Å². The Kier molecular flexibility index (Phi) is 3.36. The highest BCUT2D eigenvalue weighted by atomic mass is 15.3. The van der Waals surface area contributed by atoms with Gasteiger partial charge in [0.15, 0.2) is 0 Å². The number of benzene rings is 5. The third-order valence-corrected chi connectivity index (χ3v) is 8.14. The molecule has 0 aliphatic carbocycles. The number of aromatic nitrogens is 6. The summed E-state index contributed by atoms with van der Waals surface area (Å²) in [4.78, 5) is 15.1. The van der Waals surface area contributed by atoms with Crippen molar-refractivity contribution in [2.24, 2.45) is 0 Å². The number of pyridine rings is 1. The predicted octanol–water partition coefficient (Wildman–Crippen LogP) is 7.50. The van der Waals surface area contributed by atoms with Gasteiger partial charge < -0.3 is 0 Å². The van der Waals surface area contributed by atoms with E-state index in [9.17, 15) is 0 Å². The van der Waals surface area contributed by atoms with Gasteiger partial charge in [0.1, 0.15) is 5.52 Å². The summed E-state index contributed by atoms with van der Waals surface area (Å²) in [5.41, 5.74) is 9.44. The lowest BCUT2D eigenvalue weighted by atomic mass is 10.1. The maximum Gasteiger partial charge on any atom is 0.223 e. The molecule has 39 heavy (non-hydrogen) atoms. The zero-order chi connectivity index (χ0) is 25.2. The van der Waals surface area contributed by atoms with E-state index in [2.05, 4.69) is 104 Å². The highest BCUT2D eigenvalue weighted by molar-refractivity contribution is 6.08. The van der Waals surface area contributed by atoms with Crippen molar-refractivity contribution in [2.75, 3.05) is 0 Å². The van der Waals surface area contributed by atoms with Crippen LogP contribution in [-0.2, 0) is 0 Å². The van der Waals surface area contributed by atoms with Crippen molar-refractivity contribution in [2.45, 2.75) is 0 Å². The van der Waals surface area contributed by atoms with Gasteiger partial charge in [0.05, 0.1) is 38.8 Å². The number of hydrogen-bond donors (Lipinski definition) is 0. The minimum absolute atomic E-state index is 0.869. The van der Waals surface area contributed by atoms with Gasteiger partial charge in [-0.2, -0.15) is 0 Å². The van der Waals surface area contributed by atoms with E-state index in [1.165, 1.54) is 21.5 Å². The van der Waals surface area contributed by atoms with E-state index in [4.69, 9.17) is 15.0 Å². The first kappa shape index (κ1) is 19.6. The Morgan fingerprint density at radius 1 is 0.462 bits per heavy atom. The van der Waals surface area contributed by atoms with Crippen LogP contribution in [0.25, 0.3) is 83.0 Å². The molecule has 5 aromatic heterocycles. The van der Waals surface area contributed by atoms with E-state index >= 15 is 0 Å². The normalized spacial score (nSPS) is 12.6. The minimum atomic E-state index is 0.869. The minimum Gasteiger partial charge on any atom is -0.276 e. The Balaban J connectivity index is 1.47. The number of hydrogen-bond acceptors (Lipinski definition) is 3. The first-order valence-corrected chi connectivity index (χ1v) is 13.0. The van der Waals surface area contributed by atoms with E-state index in [0.29, 0.717) is 0 Å². The zero-order valence-electron chi connectivity index (χ0n) is 20.6. The van der Waals surface area contributed by atoms with Crippen molar-refractivity contribution >= 4 is 71.7 Å². The molecule has 0 N–H and O–H groups in total. The maximum absolute atomic E-state index is 5.19. The number of fused-ring (bicyclic) bond motifs is 12. The van der Waals surface area contributed by atoms with E-state index < -0.39 is 0 Å². The molecule has 6 heteroatoms. The summed E-state index contributed by atoms with van der Waals surface area (Å²) in [5, 5.41) is 4.77. The zero-order valence-corrected chi connectivity index (χ0v) is 20.6. The molecule has 0 radical (unpaired) electrons.